The van der Waals surface area contributed by atoms with E-state index in [1.807, 2.05) is 6.92 Å². The fourth-order valence-electron chi connectivity index (χ4n) is 3.69. The Bertz CT molecular complexity index is 1270. The number of sulfone groups is 1. The van der Waals surface area contributed by atoms with E-state index in [0.717, 1.165) is 5.75 Å². The third-order valence-electron chi connectivity index (χ3n) is 5.31. The molecule has 2 aromatic carbocycles. The molecule has 4 rings (SSSR count). The Morgan fingerprint density at radius 1 is 1.00 bits per heavy atom. The lowest BCUT2D eigenvalue weighted by atomic mass is 10.2. The van der Waals surface area contributed by atoms with Crippen molar-refractivity contribution in [1.29, 1.82) is 0 Å². The number of sulfonamides is 1. The average molecular weight is 492 g/mol. The highest BCUT2D eigenvalue weighted by molar-refractivity contribution is 7.92. The molecule has 1 saturated heterocycles. The normalized spacial score (nSPS) is 17.8. The van der Waals surface area contributed by atoms with Gasteiger partial charge in [-0.2, -0.15) is 4.31 Å². The highest BCUT2D eigenvalue weighted by Gasteiger charge is 2.39. The van der Waals surface area contributed by atoms with Gasteiger partial charge >= 0.3 is 0 Å². The van der Waals surface area contributed by atoms with E-state index in [1.165, 1.54) is 22.7 Å². The molecule has 1 aliphatic heterocycles. The van der Waals surface area contributed by atoms with Crippen molar-refractivity contribution in [2.45, 2.75) is 30.8 Å². The molecule has 0 amide bonds. The van der Waals surface area contributed by atoms with Gasteiger partial charge in [-0.1, -0.05) is 0 Å². The Hall–Kier alpha value is -2.82. The average Bonchev–Trinajstić information content (AvgIpc) is 3.43. The van der Waals surface area contributed by atoms with Crippen LogP contribution in [0.5, 0.6) is 17.2 Å². The first kappa shape index (κ1) is 23.3. The van der Waals surface area contributed by atoms with Gasteiger partial charge in [0.1, 0.15) is 23.0 Å². The van der Waals surface area contributed by atoms with Gasteiger partial charge in [-0.15, -0.1) is 0 Å². The predicted molar refractivity (Wildman–Crippen MR) is 123 cm³/mol. The van der Waals surface area contributed by atoms with Crippen LogP contribution in [0.2, 0.25) is 0 Å². The molecule has 1 atom stereocenters. The highest BCUT2D eigenvalue weighted by atomic mass is 32.2. The van der Waals surface area contributed by atoms with Gasteiger partial charge in [0.15, 0.2) is 9.84 Å². The van der Waals surface area contributed by atoms with Crippen LogP contribution in [0.4, 0.5) is 0 Å². The summed E-state index contributed by atoms with van der Waals surface area (Å²) in [5.74, 6) is 2.00. The maximum absolute atomic E-state index is 13.5. The standard InChI is InChI=1S/C23H25NO7S2/c1-2-29-19-5-7-20(8-6-19)31-21-9-11-23(12-10-21)33(27,28)24(16-22-4-3-14-30-22)18-13-15-32(25,26)17-18/h3-12,14,18H,2,13,15-17H2,1H3. The summed E-state index contributed by atoms with van der Waals surface area (Å²) in [6.07, 6.45) is 1.71. The summed E-state index contributed by atoms with van der Waals surface area (Å²) in [7, 11) is -7.25. The molecule has 0 saturated carbocycles. The Balaban J connectivity index is 1.54. The summed E-state index contributed by atoms with van der Waals surface area (Å²) in [6, 6.07) is 15.8. The molecule has 0 bridgehead atoms. The Morgan fingerprint density at radius 2 is 1.64 bits per heavy atom. The lowest BCUT2D eigenvalue weighted by Gasteiger charge is -2.26. The second kappa shape index (κ2) is 9.58. The zero-order chi connectivity index (χ0) is 23.5. The molecule has 8 nitrogen and oxygen atoms in total. The molecule has 3 aromatic rings. The molecule has 33 heavy (non-hydrogen) atoms. The molecular formula is C23H25NO7S2. The van der Waals surface area contributed by atoms with E-state index < -0.39 is 25.9 Å². The number of ether oxygens (including phenoxy) is 2. The molecule has 0 N–H and O–H groups in total. The van der Waals surface area contributed by atoms with Crippen molar-refractivity contribution in [3.63, 3.8) is 0 Å². The maximum atomic E-state index is 13.5. The van der Waals surface area contributed by atoms with E-state index >= 15 is 0 Å². The molecule has 0 aliphatic carbocycles. The third kappa shape index (κ3) is 5.58. The monoisotopic (exact) mass is 491 g/mol. The zero-order valence-corrected chi connectivity index (χ0v) is 19.7. The Morgan fingerprint density at radius 3 is 2.18 bits per heavy atom. The summed E-state index contributed by atoms with van der Waals surface area (Å²) < 4.78 is 68.7. The zero-order valence-electron chi connectivity index (χ0n) is 18.1. The molecule has 1 aromatic heterocycles. The number of benzene rings is 2. The fourth-order valence-corrected chi connectivity index (χ4v) is 7.14. The maximum Gasteiger partial charge on any atom is 0.243 e. The minimum absolute atomic E-state index is 0.0310. The van der Waals surface area contributed by atoms with E-state index in [0.29, 0.717) is 23.9 Å². The SMILES string of the molecule is CCOc1ccc(Oc2ccc(S(=O)(=O)N(Cc3ccco3)C3CCS(=O)(=O)C3)cc2)cc1. The van der Waals surface area contributed by atoms with Crippen LogP contribution in [0.3, 0.4) is 0 Å². The smallest absolute Gasteiger partial charge is 0.243 e. The fraction of sp³-hybridized carbons (Fsp3) is 0.304. The molecule has 0 spiro atoms. The van der Waals surface area contributed by atoms with E-state index in [1.54, 1.807) is 48.5 Å². The summed E-state index contributed by atoms with van der Waals surface area (Å²) in [4.78, 5) is 0.0531. The molecule has 0 radical (unpaired) electrons. The first-order chi connectivity index (χ1) is 15.8. The van der Waals surface area contributed by atoms with Gasteiger partial charge in [0, 0.05) is 6.04 Å². The van der Waals surface area contributed by atoms with Crippen LogP contribution in [0.15, 0.2) is 76.2 Å². The van der Waals surface area contributed by atoms with Crippen molar-refractivity contribution in [1.82, 2.24) is 4.31 Å². The van der Waals surface area contributed by atoms with Crippen LogP contribution in [0.25, 0.3) is 0 Å². The van der Waals surface area contributed by atoms with Crippen molar-refractivity contribution in [3.05, 3.63) is 72.7 Å². The lowest BCUT2D eigenvalue weighted by Crippen LogP contribution is -2.40. The molecule has 176 valence electrons. The van der Waals surface area contributed by atoms with E-state index in [4.69, 9.17) is 13.9 Å². The van der Waals surface area contributed by atoms with Crippen molar-refractivity contribution in [2.24, 2.45) is 0 Å². The van der Waals surface area contributed by atoms with E-state index in [9.17, 15) is 16.8 Å². The molecule has 10 heteroatoms. The summed E-state index contributed by atoms with van der Waals surface area (Å²) in [5, 5.41) is 0. The number of hydrogen-bond donors (Lipinski definition) is 0. The highest BCUT2D eigenvalue weighted by Crippen LogP contribution is 2.29. The second-order valence-corrected chi connectivity index (χ2v) is 11.8. The molecule has 1 unspecified atom stereocenters. The molecule has 2 heterocycles. The van der Waals surface area contributed by atoms with Crippen LogP contribution >= 0.6 is 0 Å². The first-order valence-corrected chi connectivity index (χ1v) is 13.8. The number of furan rings is 1. The third-order valence-corrected chi connectivity index (χ3v) is 8.97. The first-order valence-electron chi connectivity index (χ1n) is 10.5. The van der Waals surface area contributed by atoms with Crippen molar-refractivity contribution < 1.29 is 30.7 Å². The van der Waals surface area contributed by atoms with Gasteiger partial charge in [-0.05, 0) is 74.0 Å². The largest absolute Gasteiger partial charge is 0.494 e. The van der Waals surface area contributed by atoms with Gasteiger partial charge in [0.25, 0.3) is 0 Å². The van der Waals surface area contributed by atoms with Gasteiger partial charge in [0.05, 0.1) is 35.8 Å². The molecule has 1 aliphatic rings. The van der Waals surface area contributed by atoms with Gasteiger partial charge in [-0.25, -0.2) is 16.8 Å². The quantitative estimate of drug-likeness (QED) is 0.448. The number of rotatable bonds is 9. The summed E-state index contributed by atoms with van der Waals surface area (Å²) in [5.41, 5.74) is 0. The van der Waals surface area contributed by atoms with Gasteiger partial charge in [-0.3, -0.25) is 0 Å². The van der Waals surface area contributed by atoms with Crippen LogP contribution in [-0.2, 0) is 26.4 Å². The minimum Gasteiger partial charge on any atom is -0.494 e. The van der Waals surface area contributed by atoms with Crippen molar-refractivity contribution >= 4 is 19.9 Å². The predicted octanol–water partition coefficient (Wildman–Crippen LogP) is 3.85. The molecular weight excluding hydrogens is 466 g/mol. The summed E-state index contributed by atoms with van der Waals surface area (Å²) >= 11 is 0. The second-order valence-electron chi connectivity index (χ2n) is 7.66. The lowest BCUT2D eigenvalue weighted by molar-refractivity contribution is 0.307. The van der Waals surface area contributed by atoms with Crippen molar-refractivity contribution in [3.8, 4) is 17.2 Å². The van der Waals surface area contributed by atoms with Gasteiger partial charge < -0.3 is 13.9 Å². The minimum atomic E-state index is -3.98. The van der Waals surface area contributed by atoms with Crippen LogP contribution in [-0.4, -0.2) is 45.3 Å². The van der Waals surface area contributed by atoms with E-state index in [2.05, 4.69) is 0 Å². The summed E-state index contributed by atoms with van der Waals surface area (Å²) in [6.45, 7) is 2.43. The van der Waals surface area contributed by atoms with Crippen LogP contribution in [0, 0.1) is 0 Å². The number of hydrogen-bond acceptors (Lipinski definition) is 7. The van der Waals surface area contributed by atoms with E-state index in [-0.39, 0.29) is 29.4 Å². The van der Waals surface area contributed by atoms with Crippen LogP contribution in [0.1, 0.15) is 19.1 Å². The van der Waals surface area contributed by atoms with Crippen LogP contribution < -0.4 is 9.47 Å². The Kier molecular flexibility index (Phi) is 6.78. The topological polar surface area (TPSA) is 103 Å². The number of nitrogens with zero attached hydrogens (tertiary/aromatic N) is 1. The Labute approximate surface area is 193 Å². The van der Waals surface area contributed by atoms with Gasteiger partial charge in [0.2, 0.25) is 10.0 Å². The molecule has 1 fully saturated rings. The van der Waals surface area contributed by atoms with Crippen molar-refractivity contribution in [2.75, 3.05) is 18.1 Å².